The molecule has 0 fully saturated rings. The standard InChI is InChI=1S/C19H27N3O2S/c1-4-5-6-16-7-9-17(10-8-16)20-13-18-11-12-19(14-21-18)22-25(23,24)15(2)3/h7-12,14-15,20,22H,4-6,13H2,1-3H3. The summed E-state index contributed by atoms with van der Waals surface area (Å²) in [6.45, 7) is 6.07. The summed E-state index contributed by atoms with van der Waals surface area (Å²) in [5.74, 6) is 0. The molecule has 0 atom stereocenters. The second kappa shape index (κ2) is 8.85. The number of aromatic nitrogens is 1. The summed E-state index contributed by atoms with van der Waals surface area (Å²) in [7, 11) is -3.34. The van der Waals surface area contributed by atoms with Crippen molar-refractivity contribution in [1.29, 1.82) is 0 Å². The lowest BCUT2D eigenvalue weighted by molar-refractivity contribution is 0.592. The highest BCUT2D eigenvalue weighted by Gasteiger charge is 2.15. The number of hydrogen-bond acceptors (Lipinski definition) is 4. The molecule has 25 heavy (non-hydrogen) atoms. The van der Waals surface area contributed by atoms with Crippen molar-refractivity contribution in [1.82, 2.24) is 4.98 Å². The van der Waals surface area contributed by atoms with Gasteiger partial charge in [0.15, 0.2) is 0 Å². The van der Waals surface area contributed by atoms with Crippen LogP contribution in [0.3, 0.4) is 0 Å². The number of benzene rings is 1. The highest BCUT2D eigenvalue weighted by molar-refractivity contribution is 7.93. The van der Waals surface area contributed by atoms with Gasteiger partial charge in [0.25, 0.3) is 0 Å². The fourth-order valence-corrected chi connectivity index (χ4v) is 2.92. The first-order chi connectivity index (χ1) is 11.9. The molecule has 1 heterocycles. The van der Waals surface area contributed by atoms with Crippen LogP contribution in [0.5, 0.6) is 0 Å². The summed E-state index contributed by atoms with van der Waals surface area (Å²) < 4.78 is 26.2. The van der Waals surface area contributed by atoms with Gasteiger partial charge in [-0.3, -0.25) is 9.71 Å². The average Bonchev–Trinajstić information content (AvgIpc) is 2.60. The lowest BCUT2D eigenvalue weighted by Gasteiger charge is -2.11. The first kappa shape index (κ1) is 19.2. The largest absolute Gasteiger partial charge is 0.379 e. The predicted octanol–water partition coefficient (Wildman–Crippen LogP) is 4.19. The second-order valence-corrected chi connectivity index (χ2v) is 8.63. The fraction of sp³-hybridized carbons (Fsp3) is 0.421. The van der Waals surface area contributed by atoms with Gasteiger partial charge < -0.3 is 5.32 Å². The summed E-state index contributed by atoms with van der Waals surface area (Å²) in [4.78, 5) is 4.31. The lowest BCUT2D eigenvalue weighted by Crippen LogP contribution is -2.22. The lowest BCUT2D eigenvalue weighted by atomic mass is 10.1. The van der Waals surface area contributed by atoms with Gasteiger partial charge in [0, 0.05) is 5.69 Å². The maximum Gasteiger partial charge on any atom is 0.235 e. The van der Waals surface area contributed by atoms with E-state index in [0.717, 1.165) is 17.8 Å². The number of nitrogens with one attached hydrogen (secondary N) is 2. The Hall–Kier alpha value is -2.08. The molecule has 0 amide bonds. The molecule has 1 aromatic heterocycles. The third-order valence-corrected chi connectivity index (χ3v) is 5.71. The van der Waals surface area contributed by atoms with Gasteiger partial charge in [-0.2, -0.15) is 0 Å². The van der Waals surface area contributed by atoms with Gasteiger partial charge in [0.1, 0.15) is 0 Å². The van der Waals surface area contributed by atoms with Crippen molar-refractivity contribution in [2.45, 2.75) is 51.8 Å². The Bertz CT molecular complexity index is 754. The molecular weight excluding hydrogens is 334 g/mol. The van der Waals surface area contributed by atoms with Crippen LogP contribution < -0.4 is 10.0 Å². The van der Waals surface area contributed by atoms with Crippen molar-refractivity contribution < 1.29 is 8.42 Å². The minimum absolute atomic E-state index is 0.478. The molecule has 0 spiro atoms. The van der Waals surface area contributed by atoms with Crippen LogP contribution in [-0.2, 0) is 23.0 Å². The maximum atomic E-state index is 11.8. The van der Waals surface area contributed by atoms with E-state index in [1.54, 1.807) is 26.1 Å². The zero-order valence-electron chi connectivity index (χ0n) is 15.1. The quantitative estimate of drug-likeness (QED) is 0.703. The van der Waals surface area contributed by atoms with Crippen LogP contribution in [0.25, 0.3) is 0 Å². The van der Waals surface area contributed by atoms with E-state index in [0.29, 0.717) is 12.2 Å². The van der Waals surface area contributed by atoms with E-state index in [-0.39, 0.29) is 0 Å². The molecule has 136 valence electrons. The van der Waals surface area contributed by atoms with Crippen molar-refractivity contribution in [2.75, 3.05) is 10.0 Å². The third kappa shape index (κ3) is 6.05. The Morgan fingerprint density at radius 1 is 1.04 bits per heavy atom. The van der Waals surface area contributed by atoms with Crippen LogP contribution in [0, 0.1) is 0 Å². The van der Waals surface area contributed by atoms with Crippen molar-refractivity contribution in [3.05, 3.63) is 53.9 Å². The molecule has 0 saturated carbocycles. The van der Waals surface area contributed by atoms with Gasteiger partial charge in [-0.15, -0.1) is 0 Å². The SMILES string of the molecule is CCCCc1ccc(NCc2ccc(NS(=O)(=O)C(C)C)cn2)cc1. The predicted molar refractivity (Wildman–Crippen MR) is 104 cm³/mol. The Labute approximate surface area is 150 Å². The van der Waals surface area contributed by atoms with E-state index in [1.165, 1.54) is 18.4 Å². The Morgan fingerprint density at radius 3 is 2.28 bits per heavy atom. The van der Waals surface area contributed by atoms with Crippen molar-refractivity contribution >= 4 is 21.4 Å². The van der Waals surface area contributed by atoms with E-state index in [4.69, 9.17) is 0 Å². The Kier molecular flexibility index (Phi) is 6.82. The van der Waals surface area contributed by atoms with Crippen LogP contribution >= 0.6 is 0 Å². The van der Waals surface area contributed by atoms with Gasteiger partial charge in [0.2, 0.25) is 10.0 Å². The third-order valence-electron chi connectivity index (χ3n) is 3.95. The minimum Gasteiger partial charge on any atom is -0.379 e. The summed E-state index contributed by atoms with van der Waals surface area (Å²) >= 11 is 0. The van der Waals surface area contributed by atoms with E-state index in [9.17, 15) is 8.42 Å². The van der Waals surface area contributed by atoms with Gasteiger partial charge in [-0.25, -0.2) is 8.42 Å². The Morgan fingerprint density at radius 2 is 1.72 bits per heavy atom. The van der Waals surface area contributed by atoms with Crippen LogP contribution in [0.4, 0.5) is 11.4 Å². The molecule has 5 nitrogen and oxygen atoms in total. The average molecular weight is 362 g/mol. The number of sulfonamides is 1. The normalized spacial score (nSPS) is 11.5. The van der Waals surface area contributed by atoms with Crippen LogP contribution in [0.1, 0.15) is 44.9 Å². The summed E-state index contributed by atoms with van der Waals surface area (Å²) in [6, 6.07) is 12.0. The van der Waals surface area contributed by atoms with Gasteiger partial charge in [0.05, 0.1) is 29.4 Å². The molecule has 6 heteroatoms. The van der Waals surface area contributed by atoms with Gasteiger partial charge in [-0.05, 0) is 56.5 Å². The Balaban J connectivity index is 1.89. The molecule has 0 unspecified atom stereocenters. The van der Waals surface area contributed by atoms with Gasteiger partial charge in [-0.1, -0.05) is 25.5 Å². The molecular formula is C19H27N3O2S. The molecule has 2 rings (SSSR count). The van der Waals surface area contributed by atoms with Crippen molar-refractivity contribution in [2.24, 2.45) is 0 Å². The molecule has 2 N–H and O–H groups in total. The molecule has 0 bridgehead atoms. The number of nitrogens with zero attached hydrogens (tertiary/aromatic N) is 1. The molecule has 0 aliphatic heterocycles. The summed E-state index contributed by atoms with van der Waals surface area (Å²) in [5.41, 5.74) is 3.74. The van der Waals surface area contributed by atoms with E-state index >= 15 is 0 Å². The summed E-state index contributed by atoms with van der Waals surface area (Å²) in [5, 5.41) is 2.85. The zero-order valence-corrected chi connectivity index (χ0v) is 15.9. The van der Waals surface area contributed by atoms with Crippen LogP contribution in [0.15, 0.2) is 42.6 Å². The number of pyridine rings is 1. The van der Waals surface area contributed by atoms with Gasteiger partial charge >= 0.3 is 0 Å². The summed E-state index contributed by atoms with van der Waals surface area (Å²) in [6.07, 6.45) is 5.08. The first-order valence-electron chi connectivity index (χ1n) is 8.70. The highest BCUT2D eigenvalue weighted by Crippen LogP contribution is 2.14. The first-order valence-corrected chi connectivity index (χ1v) is 10.2. The van der Waals surface area contributed by atoms with Crippen molar-refractivity contribution in [3.63, 3.8) is 0 Å². The van der Waals surface area contributed by atoms with E-state index in [1.807, 2.05) is 6.07 Å². The molecule has 2 aromatic rings. The molecule has 0 aliphatic rings. The highest BCUT2D eigenvalue weighted by atomic mass is 32.2. The number of aryl methyl sites for hydroxylation is 1. The second-order valence-electron chi connectivity index (χ2n) is 6.39. The molecule has 0 radical (unpaired) electrons. The topological polar surface area (TPSA) is 71.1 Å². The number of unbranched alkanes of at least 4 members (excludes halogenated alkanes) is 1. The number of rotatable bonds is 9. The smallest absolute Gasteiger partial charge is 0.235 e. The number of hydrogen-bond donors (Lipinski definition) is 2. The van der Waals surface area contributed by atoms with Crippen molar-refractivity contribution in [3.8, 4) is 0 Å². The van der Waals surface area contributed by atoms with Crippen LogP contribution in [0.2, 0.25) is 0 Å². The zero-order chi connectivity index (χ0) is 18.3. The van der Waals surface area contributed by atoms with E-state index < -0.39 is 15.3 Å². The number of anilines is 2. The monoisotopic (exact) mass is 361 g/mol. The molecule has 0 saturated heterocycles. The maximum absolute atomic E-state index is 11.8. The molecule has 1 aromatic carbocycles. The van der Waals surface area contributed by atoms with Crippen LogP contribution in [-0.4, -0.2) is 18.7 Å². The fourth-order valence-electron chi connectivity index (χ4n) is 2.23. The molecule has 0 aliphatic carbocycles. The van der Waals surface area contributed by atoms with E-state index in [2.05, 4.69) is 46.2 Å². The minimum atomic E-state index is -3.34.